The summed E-state index contributed by atoms with van der Waals surface area (Å²) in [6, 6.07) is 5.96. The van der Waals surface area contributed by atoms with Crippen LogP contribution in [0.3, 0.4) is 0 Å². The van der Waals surface area contributed by atoms with Gasteiger partial charge in [-0.3, -0.25) is 4.79 Å². The fourth-order valence-electron chi connectivity index (χ4n) is 1.51. The Morgan fingerprint density at radius 3 is 2.72 bits per heavy atom. The van der Waals surface area contributed by atoms with Crippen LogP contribution in [-0.2, 0) is 4.79 Å². The first-order valence-corrected chi connectivity index (χ1v) is 7.19. The SMILES string of the molecule is CC.O=C(CNC1CCC1)Nc1cccc(Br)n1. The summed E-state index contributed by atoms with van der Waals surface area (Å²) < 4.78 is 0.720. The van der Waals surface area contributed by atoms with E-state index in [2.05, 4.69) is 31.5 Å². The lowest BCUT2D eigenvalue weighted by atomic mass is 9.93. The highest BCUT2D eigenvalue weighted by Crippen LogP contribution is 2.17. The van der Waals surface area contributed by atoms with Crippen LogP contribution in [0.2, 0.25) is 0 Å². The number of halogens is 1. The van der Waals surface area contributed by atoms with Crippen molar-refractivity contribution in [3.8, 4) is 0 Å². The number of aromatic nitrogens is 1. The minimum absolute atomic E-state index is 0.0440. The lowest BCUT2D eigenvalue weighted by molar-refractivity contribution is -0.115. The number of carbonyl (C=O) groups excluding carboxylic acids is 1. The number of anilines is 1. The van der Waals surface area contributed by atoms with Gasteiger partial charge in [0.2, 0.25) is 5.91 Å². The van der Waals surface area contributed by atoms with E-state index in [0.29, 0.717) is 18.4 Å². The number of nitrogens with one attached hydrogen (secondary N) is 2. The minimum atomic E-state index is -0.0440. The summed E-state index contributed by atoms with van der Waals surface area (Å²) in [6.45, 7) is 4.36. The molecule has 0 radical (unpaired) electrons. The molecule has 1 aliphatic carbocycles. The number of hydrogen-bond acceptors (Lipinski definition) is 3. The van der Waals surface area contributed by atoms with Gasteiger partial charge >= 0.3 is 0 Å². The number of pyridine rings is 1. The summed E-state index contributed by atoms with van der Waals surface area (Å²) in [4.78, 5) is 15.7. The molecule has 1 amide bonds. The van der Waals surface area contributed by atoms with Gasteiger partial charge in [-0.1, -0.05) is 26.3 Å². The van der Waals surface area contributed by atoms with Crippen LogP contribution in [0.15, 0.2) is 22.8 Å². The van der Waals surface area contributed by atoms with Crippen molar-refractivity contribution in [3.63, 3.8) is 0 Å². The summed E-state index contributed by atoms with van der Waals surface area (Å²) in [5.74, 6) is 0.535. The Kier molecular flexibility index (Phi) is 6.90. The first kappa shape index (κ1) is 15.1. The highest BCUT2D eigenvalue weighted by Gasteiger charge is 2.17. The Bertz CT molecular complexity index is 380. The van der Waals surface area contributed by atoms with Crippen LogP contribution in [0.1, 0.15) is 33.1 Å². The zero-order valence-corrected chi connectivity index (χ0v) is 12.5. The second-order valence-electron chi connectivity index (χ2n) is 3.90. The molecule has 1 heterocycles. The number of hydrogen-bond donors (Lipinski definition) is 2. The molecular weight excluding hydrogens is 294 g/mol. The van der Waals surface area contributed by atoms with E-state index in [1.54, 1.807) is 6.07 Å². The molecule has 4 nitrogen and oxygen atoms in total. The van der Waals surface area contributed by atoms with E-state index in [1.807, 2.05) is 26.0 Å². The van der Waals surface area contributed by atoms with E-state index in [0.717, 1.165) is 4.60 Å². The number of nitrogens with zero attached hydrogens (tertiary/aromatic N) is 1. The van der Waals surface area contributed by atoms with Crippen molar-refractivity contribution in [2.75, 3.05) is 11.9 Å². The fraction of sp³-hybridized carbons (Fsp3) is 0.538. The maximum Gasteiger partial charge on any atom is 0.239 e. The molecule has 1 aromatic heterocycles. The third-order valence-electron chi connectivity index (χ3n) is 2.64. The predicted octanol–water partition coefficient (Wildman–Crippen LogP) is 2.95. The Balaban J connectivity index is 0.000000771. The van der Waals surface area contributed by atoms with E-state index < -0.39 is 0 Å². The van der Waals surface area contributed by atoms with Crippen LogP contribution in [-0.4, -0.2) is 23.5 Å². The Morgan fingerprint density at radius 2 is 2.17 bits per heavy atom. The van der Waals surface area contributed by atoms with E-state index in [-0.39, 0.29) is 5.91 Å². The maximum absolute atomic E-state index is 11.5. The number of rotatable bonds is 4. The molecule has 1 saturated carbocycles. The molecular formula is C13H20BrN3O. The van der Waals surface area contributed by atoms with Crippen LogP contribution >= 0.6 is 15.9 Å². The molecule has 0 aliphatic heterocycles. The summed E-state index contributed by atoms with van der Waals surface area (Å²) in [7, 11) is 0. The number of amides is 1. The van der Waals surface area contributed by atoms with Gasteiger partial charge in [-0.2, -0.15) is 0 Å². The lowest BCUT2D eigenvalue weighted by Crippen LogP contribution is -2.40. The monoisotopic (exact) mass is 313 g/mol. The molecule has 18 heavy (non-hydrogen) atoms. The topological polar surface area (TPSA) is 54.0 Å². The third-order valence-corrected chi connectivity index (χ3v) is 3.08. The Labute approximate surface area is 117 Å². The smallest absolute Gasteiger partial charge is 0.239 e. The summed E-state index contributed by atoms with van der Waals surface area (Å²) in [5.41, 5.74) is 0. The molecule has 1 aliphatic rings. The van der Waals surface area contributed by atoms with Crippen LogP contribution in [0.25, 0.3) is 0 Å². The van der Waals surface area contributed by atoms with Gasteiger partial charge in [-0.15, -0.1) is 0 Å². The zero-order chi connectivity index (χ0) is 13.4. The van der Waals surface area contributed by atoms with E-state index in [9.17, 15) is 4.79 Å². The largest absolute Gasteiger partial charge is 0.310 e. The van der Waals surface area contributed by atoms with Crippen molar-refractivity contribution >= 4 is 27.7 Å². The number of carbonyl (C=O) groups is 1. The molecule has 0 unspecified atom stereocenters. The lowest BCUT2D eigenvalue weighted by Gasteiger charge is -2.26. The molecule has 1 fully saturated rings. The van der Waals surface area contributed by atoms with Crippen molar-refractivity contribution in [1.82, 2.24) is 10.3 Å². The highest BCUT2D eigenvalue weighted by atomic mass is 79.9. The van der Waals surface area contributed by atoms with Gasteiger partial charge in [-0.05, 0) is 40.9 Å². The Morgan fingerprint density at radius 1 is 1.44 bits per heavy atom. The van der Waals surface area contributed by atoms with E-state index in [4.69, 9.17) is 0 Å². The van der Waals surface area contributed by atoms with Crippen molar-refractivity contribution in [1.29, 1.82) is 0 Å². The minimum Gasteiger partial charge on any atom is -0.310 e. The molecule has 0 aromatic carbocycles. The van der Waals surface area contributed by atoms with E-state index >= 15 is 0 Å². The van der Waals surface area contributed by atoms with Crippen molar-refractivity contribution in [3.05, 3.63) is 22.8 Å². The van der Waals surface area contributed by atoms with Gasteiger partial charge in [-0.25, -0.2) is 4.98 Å². The molecule has 0 spiro atoms. The Hall–Kier alpha value is -0.940. The van der Waals surface area contributed by atoms with Gasteiger partial charge in [0.05, 0.1) is 6.54 Å². The van der Waals surface area contributed by atoms with Gasteiger partial charge in [0, 0.05) is 6.04 Å². The summed E-state index contributed by atoms with van der Waals surface area (Å²) >= 11 is 3.26. The van der Waals surface area contributed by atoms with E-state index in [1.165, 1.54) is 19.3 Å². The molecule has 0 saturated heterocycles. The second kappa shape index (κ2) is 8.21. The molecule has 0 atom stereocenters. The summed E-state index contributed by atoms with van der Waals surface area (Å²) in [5, 5.41) is 5.95. The molecule has 2 rings (SSSR count). The van der Waals surface area contributed by atoms with Crippen LogP contribution in [0.4, 0.5) is 5.82 Å². The average molecular weight is 314 g/mol. The predicted molar refractivity (Wildman–Crippen MR) is 77.6 cm³/mol. The van der Waals surface area contributed by atoms with Gasteiger partial charge in [0.15, 0.2) is 0 Å². The maximum atomic E-state index is 11.5. The van der Waals surface area contributed by atoms with Crippen LogP contribution < -0.4 is 10.6 Å². The third kappa shape index (κ3) is 5.14. The standard InChI is InChI=1S/C11H14BrN3O.C2H6/c12-9-5-2-6-10(14-9)15-11(16)7-13-8-3-1-4-8;1-2/h2,5-6,8,13H,1,3-4,7H2,(H,14,15,16);1-2H3. The highest BCUT2D eigenvalue weighted by molar-refractivity contribution is 9.10. The van der Waals surface area contributed by atoms with Crippen LogP contribution in [0, 0.1) is 0 Å². The molecule has 100 valence electrons. The van der Waals surface area contributed by atoms with Gasteiger partial charge < -0.3 is 10.6 Å². The van der Waals surface area contributed by atoms with Crippen molar-refractivity contribution in [2.45, 2.75) is 39.2 Å². The van der Waals surface area contributed by atoms with Crippen molar-refractivity contribution in [2.24, 2.45) is 0 Å². The summed E-state index contributed by atoms with van der Waals surface area (Å²) in [6.07, 6.45) is 3.64. The average Bonchev–Trinajstić information content (AvgIpc) is 2.29. The fourth-order valence-corrected chi connectivity index (χ4v) is 1.86. The molecule has 1 aromatic rings. The molecule has 0 bridgehead atoms. The van der Waals surface area contributed by atoms with Gasteiger partial charge in [0.25, 0.3) is 0 Å². The zero-order valence-electron chi connectivity index (χ0n) is 10.9. The second-order valence-corrected chi connectivity index (χ2v) is 4.71. The molecule has 5 heteroatoms. The normalized spacial score (nSPS) is 14.2. The van der Waals surface area contributed by atoms with Crippen LogP contribution in [0.5, 0.6) is 0 Å². The van der Waals surface area contributed by atoms with Crippen molar-refractivity contribution < 1.29 is 4.79 Å². The molecule has 2 N–H and O–H groups in total. The first-order chi connectivity index (χ1) is 8.74. The first-order valence-electron chi connectivity index (χ1n) is 6.40. The quantitative estimate of drug-likeness (QED) is 0.840. The van der Waals surface area contributed by atoms with Gasteiger partial charge in [0.1, 0.15) is 10.4 Å².